The highest BCUT2D eigenvalue weighted by Crippen LogP contribution is 2.19. The molecule has 1 heterocycles. The molecule has 0 aliphatic heterocycles. The summed E-state index contributed by atoms with van der Waals surface area (Å²) in [6.45, 7) is 6.57. The Morgan fingerprint density at radius 1 is 1.53 bits per heavy atom. The molecule has 1 rings (SSSR count). The van der Waals surface area contributed by atoms with Crippen LogP contribution in [-0.2, 0) is 6.42 Å². The van der Waals surface area contributed by atoms with E-state index >= 15 is 0 Å². The Morgan fingerprint density at radius 2 is 2.21 bits per heavy atom. The van der Waals surface area contributed by atoms with Gasteiger partial charge in [-0.25, -0.2) is 9.78 Å². The zero-order valence-electron chi connectivity index (χ0n) is 12.0. The van der Waals surface area contributed by atoms with Crippen LogP contribution in [0.2, 0.25) is 0 Å². The summed E-state index contributed by atoms with van der Waals surface area (Å²) in [5.74, 6) is 0.449. The maximum atomic E-state index is 11.7. The largest absolute Gasteiger partial charge is 0.394 e. The van der Waals surface area contributed by atoms with Crippen LogP contribution in [0.1, 0.15) is 37.4 Å². The minimum atomic E-state index is -0.174. The molecule has 0 fully saturated rings. The summed E-state index contributed by atoms with van der Waals surface area (Å²) in [5.41, 5.74) is 1.02. The number of aliphatic hydroxyl groups is 1. The lowest BCUT2D eigenvalue weighted by molar-refractivity contribution is 0.157. The van der Waals surface area contributed by atoms with Gasteiger partial charge in [0.2, 0.25) is 0 Å². The molecule has 1 aromatic rings. The first-order chi connectivity index (χ1) is 8.95. The summed E-state index contributed by atoms with van der Waals surface area (Å²) in [4.78, 5) is 17.7. The lowest BCUT2D eigenvalue weighted by Gasteiger charge is -2.23. The van der Waals surface area contributed by atoms with Crippen LogP contribution in [0.3, 0.4) is 0 Å². The number of amides is 2. The fraction of sp³-hybridized carbons (Fsp3) is 0.692. The minimum absolute atomic E-state index is 0.0340. The molecule has 1 unspecified atom stereocenters. The predicted octanol–water partition coefficient (Wildman–Crippen LogP) is 1.83. The summed E-state index contributed by atoms with van der Waals surface area (Å²) in [7, 11) is 1.68. The Balaban J connectivity index is 2.35. The number of urea groups is 1. The SMILES string of the molecule is CC(C)c1nc(CCNC(=O)N(C)C(C)CO)cs1. The number of aromatic nitrogens is 1. The highest BCUT2D eigenvalue weighted by molar-refractivity contribution is 7.09. The second kappa shape index (κ2) is 7.45. The standard InChI is InChI=1S/C13H23N3O2S/c1-9(2)12-15-11(8-19-12)5-6-14-13(18)16(4)10(3)7-17/h8-10,17H,5-7H2,1-4H3,(H,14,18). The maximum Gasteiger partial charge on any atom is 0.317 e. The average Bonchev–Trinajstić information content (AvgIpc) is 2.85. The van der Waals surface area contributed by atoms with Gasteiger partial charge in [-0.3, -0.25) is 0 Å². The first-order valence-electron chi connectivity index (χ1n) is 6.51. The molecule has 0 aliphatic rings. The van der Waals surface area contributed by atoms with Gasteiger partial charge in [-0.1, -0.05) is 13.8 Å². The molecular formula is C13H23N3O2S. The first kappa shape index (κ1) is 15.9. The van der Waals surface area contributed by atoms with E-state index in [0.717, 1.165) is 17.1 Å². The molecule has 0 saturated heterocycles. The van der Waals surface area contributed by atoms with Gasteiger partial charge in [-0.2, -0.15) is 0 Å². The lowest BCUT2D eigenvalue weighted by Crippen LogP contribution is -2.44. The van der Waals surface area contributed by atoms with E-state index in [1.165, 1.54) is 4.90 Å². The molecule has 19 heavy (non-hydrogen) atoms. The predicted molar refractivity (Wildman–Crippen MR) is 77.6 cm³/mol. The molecule has 2 amide bonds. The molecule has 0 spiro atoms. The van der Waals surface area contributed by atoms with E-state index in [4.69, 9.17) is 5.11 Å². The highest BCUT2D eigenvalue weighted by atomic mass is 32.1. The first-order valence-corrected chi connectivity index (χ1v) is 7.39. The van der Waals surface area contributed by atoms with Crippen molar-refractivity contribution >= 4 is 17.4 Å². The van der Waals surface area contributed by atoms with Crippen molar-refractivity contribution in [3.8, 4) is 0 Å². The van der Waals surface area contributed by atoms with Crippen LogP contribution in [0, 0.1) is 0 Å². The van der Waals surface area contributed by atoms with Gasteiger partial charge < -0.3 is 15.3 Å². The Labute approximate surface area is 118 Å². The Hall–Kier alpha value is -1.14. The van der Waals surface area contributed by atoms with E-state index < -0.39 is 0 Å². The van der Waals surface area contributed by atoms with E-state index in [1.54, 1.807) is 25.3 Å². The summed E-state index contributed by atoms with van der Waals surface area (Å²) in [6, 6.07) is -0.340. The van der Waals surface area contributed by atoms with Crippen molar-refractivity contribution in [3.63, 3.8) is 0 Å². The van der Waals surface area contributed by atoms with Crippen LogP contribution < -0.4 is 5.32 Å². The van der Waals surface area contributed by atoms with Crippen molar-refractivity contribution in [1.82, 2.24) is 15.2 Å². The number of thiazole rings is 1. The van der Waals surface area contributed by atoms with Gasteiger partial charge in [0, 0.05) is 31.3 Å². The monoisotopic (exact) mass is 285 g/mol. The molecule has 1 atom stereocenters. The van der Waals surface area contributed by atoms with E-state index in [0.29, 0.717) is 12.5 Å². The van der Waals surface area contributed by atoms with Crippen molar-refractivity contribution in [1.29, 1.82) is 0 Å². The number of aliphatic hydroxyl groups excluding tert-OH is 1. The van der Waals surface area contributed by atoms with Crippen molar-refractivity contribution in [2.24, 2.45) is 0 Å². The van der Waals surface area contributed by atoms with Gasteiger partial charge in [0.25, 0.3) is 0 Å². The van der Waals surface area contributed by atoms with Crippen molar-refractivity contribution < 1.29 is 9.90 Å². The average molecular weight is 285 g/mol. The van der Waals surface area contributed by atoms with E-state index in [-0.39, 0.29) is 18.7 Å². The number of hydrogen-bond donors (Lipinski definition) is 2. The Morgan fingerprint density at radius 3 is 2.74 bits per heavy atom. The zero-order valence-corrected chi connectivity index (χ0v) is 12.8. The second-order valence-corrected chi connectivity index (χ2v) is 5.85. The fourth-order valence-corrected chi connectivity index (χ4v) is 2.32. The number of hydrogen-bond acceptors (Lipinski definition) is 4. The summed E-state index contributed by atoms with van der Waals surface area (Å²) < 4.78 is 0. The van der Waals surface area contributed by atoms with Gasteiger partial charge in [0.15, 0.2) is 0 Å². The maximum absolute atomic E-state index is 11.7. The minimum Gasteiger partial charge on any atom is -0.394 e. The van der Waals surface area contributed by atoms with Crippen LogP contribution in [0.25, 0.3) is 0 Å². The molecule has 108 valence electrons. The smallest absolute Gasteiger partial charge is 0.317 e. The van der Waals surface area contributed by atoms with Crippen molar-refractivity contribution in [2.45, 2.75) is 39.2 Å². The van der Waals surface area contributed by atoms with E-state index in [2.05, 4.69) is 24.1 Å². The van der Waals surface area contributed by atoms with Gasteiger partial charge in [-0.15, -0.1) is 11.3 Å². The zero-order chi connectivity index (χ0) is 14.4. The third-order valence-electron chi connectivity index (χ3n) is 2.97. The molecule has 0 bridgehead atoms. The molecule has 0 aliphatic carbocycles. The molecule has 5 nitrogen and oxygen atoms in total. The normalized spacial score (nSPS) is 12.5. The molecule has 2 N–H and O–H groups in total. The van der Waals surface area contributed by atoms with Crippen LogP contribution in [0.15, 0.2) is 5.38 Å². The fourth-order valence-electron chi connectivity index (χ4n) is 1.45. The summed E-state index contributed by atoms with van der Waals surface area (Å²) in [6.07, 6.45) is 0.732. The second-order valence-electron chi connectivity index (χ2n) is 4.96. The summed E-state index contributed by atoms with van der Waals surface area (Å²) in [5, 5.41) is 15.0. The number of rotatable bonds is 6. The number of carbonyl (C=O) groups is 1. The number of carbonyl (C=O) groups excluding carboxylic acids is 1. The van der Waals surface area contributed by atoms with Crippen LogP contribution in [0.4, 0.5) is 4.79 Å². The topological polar surface area (TPSA) is 65.5 Å². The molecule has 0 aromatic carbocycles. The number of nitrogens with one attached hydrogen (secondary N) is 1. The van der Waals surface area contributed by atoms with E-state index in [1.807, 2.05) is 5.38 Å². The van der Waals surface area contributed by atoms with Crippen LogP contribution in [0.5, 0.6) is 0 Å². The molecular weight excluding hydrogens is 262 g/mol. The van der Waals surface area contributed by atoms with E-state index in [9.17, 15) is 4.79 Å². The lowest BCUT2D eigenvalue weighted by atomic mass is 10.2. The van der Waals surface area contributed by atoms with Gasteiger partial charge in [0.1, 0.15) is 0 Å². The quantitative estimate of drug-likeness (QED) is 0.838. The summed E-state index contributed by atoms with van der Waals surface area (Å²) >= 11 is 1.66. The van der Waals surface area contributed by atoms with Crippen LogP contribution in [-0.4, -0.2) is 47.3 Å². The van der Waals surface area contributed by atoms with Gasteiger partial charge in [0.05, 0.1) is 23.4 Å². The molecule has 6 heteroatoms. The highest BCUT2D eigenvalue weighted by Gasteiger charge is 2.14. The van der Waals surface area contributed by atoms with Crippen molar-refractivity contribution in [3.05, 3.63) is 16.1 Å². The molecule has 0 saturated carbocycles. The van der Waals surface area contributed by atoms with Crippen LogP contribution >= 0.6 is 11.3 Å². The molecule has 0 radical (unpaired) electrons. The Kier molecular flexibility index (Phi) is 6.24. The molecule has 1 aromatic heterocycles. The third-order valence-corrected chi connectivity index (χ3v) is 4.16. The third kappa shape index (κ3) is 4.80. The number of likely N-dealkylation sites (N-methyl/N-ethyl adjacent to an activating group) is 1. The van der Waals surface area contributed by atoms with Gasteiger partial charge >= 0.3 is 6.03 Å². The van der Waals surface area contributed by atoms with Crippen molar-refractivity contribution in [2.75, 3.05) is 20.2 Å². The number of nitrogens with zero attached hydrogens (tertiary/aromatic N) is 2. The van der Waals surface area contributed by atoms with Gasteiger partial charge in [-0.05, 0) is 6.92 Å². The Bertz CT molecular complexity index is 406.